The molecule has 2 bridgehead atoms. The topological polar surface area (TPSA) is 166 Å². The molecule has 1 aliphatic carbocycles. The van der Waals surface area contributed by atoms with Gasteiger partial charge in [-0.15, -0.1) is 0 Å². The molecular formula is C40H45Cl3N5O10S+. The number of hydrogen-bond donors (Lipinski definition) is 0. The van der Waals surface area contributed by atoms with Gasteiger partial charge in [0.1, 0.15) is 50.0 Å². The predicted molar refractivity (Wildman–Crippen MR) is 215 cm³/mol. The number of aryl methyl sites for hydroxylation is 1. The monoisotopic (exact) mass is 892 g/mol. The van der Waals surface area contributed by atoms with E-state index >= 15 is 0 Å². The maximum atomic E-state index is 13.6. The van der Waals surface area contributed by atoms with Crippen LogP contribution in [-0.4, -0.2) is 85.1 Å². The van der Waals surface area contributed by atoms with Crippen molar-refractivity contribution in [3.8, 4) is 0 Å². The Kier molecular flexibility index (Phi) is 14.9. The molecule has 0 spiro atoms. The summed E-state index contributed by atoms with van der Waals surface area (Å²) in [5.41, 5.74) is 12.2. The molecular weight excluding hydrogens is 849 g/mol. The number of rotatable bonds is 18. The molecule has 19 heteroatoms. The normalized spacial score (nSPS) is 28.3. The minimum atomic E-state index is -4.86. The SMILES string of the molecule is C[n+]1ccn(C[C@H]2O[C@@H](O[C@@H]3[C@H]4CO[C@H](C4)[C@H](N=[N+]=[N-])[C@H]3OCc3ccccc3)[C@H](OCc3ccccc3)[C@@H](OCc3ccccc3)[C@@H]2OS(=O)(=O)OCC(Cl)(Cl)Cl)c1. The first-order valence-corrected chi connectivity index (χ1v) is 21.5. The second kappa shape index (κ2) is 20.0. The second-order valence-corrected chi connectivity index (χ2v) is 18.4. The van der Waals surface area contributed by atoms with Crippen molar-refractivity contribution >= 4 is 45.2 Å². The fraction of sp³-hybridized carbons (Fsp3) is 0.475. The van der Waals surface area contributed by atoms with Gasteiger partial charge in [0.15, 0.2) is 6.29 Å². The lowest BCUT2D eigenvalue weighted by atomic mass is 9.82. The number of imidazole rings is 1. The summed E-state index contributed by atoms with van der Waals surface area (Å²) in [6.07, 6.45) is -1.86. The highest BCUT2D eigenvalue weighted by atomic mass is 35.6. The van der Waals surface area contributed by atoms with Gasteiger partial charge in [-0.25, -0.2) is 17.5 Å². The van der Waals surface area contributed by atoms with E-state index in [1.54, 1.807) is 12.5 Å². The largest absolute Gasteiger partial charge is 0.400 e. The second-order valence-electron chi connectivity index (χ2n) is 14.6. The van der Waals surface area contributed by atoms with Crippen LogP contribution in [0.4, 0.5) is 0 Å². The van der Waals surface area contributed by atoms with Gasteiger partial charge in [0.2, 0.25) is 10.1 Å². The highest BCUT2D eigenvalue weighted by Gasteiger charge is 2.56. The molecule has 7 rings (SSSR count). The first-order valence-electron chi connectivity index (χ1n) is 19.0. The Morgan fingerprint density at radius 2 is 1.42 bits per heavy atom. The van der Waals surface area contributed by atoms with Crippen LogP contribution in [0.2, 0.25) is 0 Å². The Labute approximate surface area is 357 Å². The van der Waals surface area contributed by atoms with Crippen molar-refractivity contribution in [3.05, 3.63) is 137 Å². The first-order chi connectivity index (χ1) is 28.4. The maximum Gasteiger partial charge on any atom is 0.400 e. The van der Waals surface area contributed by atoms with Gasteiger partial charge in [0.05, 0.1) is 57.8 Å². The molecule has 0 unspecified atom stereocenters. The van der Waals surface area contributed by atoms with Gasteiger partial charge >= 0.3 is 10.4 Å². The van der Waals surface area contributed by atoms with Gasteiger partial charge in [0.25, 0.3) is 0 Å². The van der Waals surface area contributed by atoms with Crippen LogP contribution in [0.1, 0.15) is 23.1 Å². The van der Waals surface area contributed by atoms with Crippen molar-refractivity contribution in [2.24, 2.45) is 18.1 Å². The summed E-state index contributed by atoms with van der Waals surface area (Å²) in [4.78, 5) is 3.16. The molecule has 15 nitrogen and oxygen atoms in total. The van der Waals surface area contributed by atoms with E-state index in [0.717, 1.165) is 16.7 Å². The van der Waals surface area contributed by atoms with E-state index < -0.39 is 69.8 Å². The lowest BCUT2D eigenvalue weighted by molar-refractivity contribution is -0.671. The molecule has 2 aliphatic heterocycles. The number of nitrogens with zero attached hydrogens (tertiary/aromatic N) is 5. The van der Waals surface area contributed by atoms with Gasteiger partial charge in [-0.2, -0.15) is 8.42 Å². The first kappa shape index (κ1) is 43.8. The number of alkyl halides is 3. The molecule has 1 saturated carbocycles. The van der Waals surface area contributed by atoms with Crippen LogP contribution in [0.3, 0.4) is 0 Å². The number of halogens is 3. The third-order valence-corrected chi connectivity index (χ3v) is 11.5. The molecule has 1 aromatic heterocycles. The number of aromatic nitrogens is 2. The third kappa shape index (κ3) is 12.0. The molecule has 316 valence electrons. The number of ether oxygens (including phenoxy) is 6. The predicted octanol–water partition coefficient (Wildman–Crippen LogP) is 6.29. The standard InChI is InChI=1S/C40H45Cl3N5O10S/c1-47-17-18-48(26-47)20-32-35(58-59(49,50)55-25-40(41,42)43)37(53-22-28-13-7-3-8-14-28)38(54-23-29-15-9-4-10-16-29)39(56-32)57-34-30-19-31(51-24-30)33(45-46-44)36(34)52-21-27-11-5-2-6-12-27/h2-18,26,30-39H,19-25H2,1H3/q+1/t30-,31-,32-,33+,34-,35-,36-,37+,38-,39+/m1/s1. The Morgan fingerprint density at radius 3 is 1.97 bits per heavy atom. The molecule has 0 amide bonds. The zero-order chi connectivity index (χ0) is 41.4. The highest BCUT2D eigenvalue weighted by Crippen LogP contribution is 2.42. The van der Waals surface area contributed by atoms with Gasteiger partial charge in [-0.05, 0) is 28.6 Å². The number of azide groups is 1. The van der Waals surface area contributed by atoms with Gasteiger partial charge in [-0.1, -0.05) is 131 Å². The molecule has 3 heterocycles. The van der Waals surface area contributed by atoms with E-state index in [9.17, 15) is 13.9 Å². The van der Waals surface area contributed by atoms with Crippen LogP contribution < -0.4 is 4.57 Å². The van der Waals surface area contributed by atoms with E-state index in [1.165, 1.54) is 0 Å². The number of hydrogen-bond acceptors (Lipinski definition) is 11. The van der Waals surface area contributed by atoms with E-state index in [0.29, 0.717) is 13.0 Å². The van der Waals surface area contributed by atoms with Crippen LogP contribution in [0.15, 0.2) is 115 Å². The Bertz CT molecular complexity index is 2100. The molecule has 0 radical (unpaired) electrons. The average molecular weight is 894 g/mol. The van der Waals surface area contributed by atoms with E-state index in [4.69, 9.17) is 71.6 Å². The van der Waals surface area contributed by atoms with Crippen LogP contribution in [0.5, 0.6) is 0 Å². The minimum absolute atomic E-state index is 0.0346. The molecule has 3 aliphatic rings. The van der Waals surface area contributed by atoms with E-state index in [2.05, 4.69) is 10.0 Å². The highest BCUT2D eigenvalue weighted by molar-refractivity contribution is 7.81. The summed E-state index contributed by atoms with van der Waals surface area (Å²) >= 11 is 17.6. The number of fused-ring (bicyclic) bond motifs is 2. The van der Waals surface area contributed by atoms with Crippen molar-refractivity contribution in [2.75, 3.05) is 13.2 Å². The molecule has 59 heavy (non-hydrogen) atoms. The van der Waals surface area contributed by atoms with Gasteiger partial charge in [0, 0.05) is 10.8 Å². The Morgan fingerprint density at radius 1 is 0.847 bits per heavy atom. The quantitative estimate of drug-likeness (QED) is 0.0364. The summed E-state index contributed by atoms with van der Waals surface area (Å²) < 4.78 is 79.6. The van der Waals surface area contributed by atoms with Crippen LogP contribution >= 0.6 is 34.8 Å². The van der Waals surface area contributed by atoms with Crippen LogP contribution in [-0.2, 0) is 80.6 Å². The Hall–Kier alpha value is -3.32. The summed E-state index contributed by atoms with van der Waals surface area (Å²) in [6.45, 7) is -0.106. The molecule has 3 fully saturated rings. The van der Waals surface area contributed by atoms with Gasteiger partial charge in [-0.3, -0.25) is 0 Å². The zero-order valence-electron chi connectivity index (χ0n) is 32.0. The lowest BCUT2D eigenvalue weighted by Gasteiger charge is -2.47. The third-order valence-electron chi connectivity index (χ3n) is 10.3. The number of benzene rings is 3. The van der Waals surface area contributed by atoms with E-state index in [1.807, 2.05) is 113 Å². The van der Waals surface area contributed by atoms with Crippen LogP contribution in [0.25, 0.3) is 10.4 Å². The fourth-order valence-electron chi connectivity index (χ4n) is 7.60. The molecule has 0 N–H and O–H groups in total. The van der Waals surface area contributed by atoms with E-state index in [-0.39, 0.29) is 38.4 Å². The fourth-order valence-corrected chi connectivity index (χ4v) is 8.84. The maximum absolute atomic E-state index is 13.6. The Balaban J connectivity index is 1.28. The summed E-state index contributed by atoms with van der Waals surface area (Å²) in [5, 5.41) is 4.15. The molecule has 3 aromatic carbocycles. The smallest absolute Gasteiger partial charge is 0.377 e. The molecule has 10 atom stereocenters. The summed E-state index contributed by atoms with van der Waals surface area (Å²) in [5.74, 6) is -0.181. The minimum Gasteiger partial charge on any atom is -0.377 e. The van der Waals surface area contributed by atoms with Crippen LogP contribution in [0, 0.1) is 5.92 Å². The van der Waals surface area contributed by atoms with Crippen molar-refractivity contribution < 1.29 is 49.8 Å². The van der Waals surface area contributed by atoms with Crippen molar-refractivity contribution in [3.63, 3.8) is 0 Å². The lowest BCUT2D eigenvalue weighted by Crippen LogP contribution is -2.64. The molecule has 2 saturated heterocycles. The zero-order valence-corrected chi connectivity index (χ0v) is 35.1. The van der Waals surface area contributed by atoms with Gasteiger partial charge < -0.3 is 28.4 Å². The van der Waals surface area contributed by atoms with Crippen molar-refractivity contribution in [2.45, 2.75) is 91.6 Å². The summed E-state index contributed by atoms with van der Waals surface area (Å²) in [7, 11) is -3.01. The van der Waals surface area contributed by atoms with Crippen molar-refractivity contribution in [1.29, 1.82) is 0 Å². The summed E-state index contributed by atoms with van der Waals surface area (Å²) in [6, 6.07) is 27.7. The molecule has 4 aromatic rings. The van der Waals surface area contributed by atoms with Crippen molar-refractivity contribution in [1.82, 2.24) is 4.57 Å². The average Bonchev–Trinajstić information content (AvgIpc) is 3.86.